The summed E-state index contributed by atoms with van der Waals surface area (Å²) < 4.78 is 18.6. The van der Waals surface area contributed by atoms with Crippen LogP contribution in [0.5, 0.6) is 0 Å². The van der Waals surface area contributed by atoms with Crippen molar-refractivity contribution in [3.63, 3.8) is 0 Å². The molecule has 3 rings (SSSR count). The normalized spacial score (nSPS) is 13.8. The van der Waals surface area contributed by atoms with Crippen LogP contribution in [0.2, 0.25) is 5.02 Å². The number of nitrogens with one attached hydrogen (secondary N) is 2. The predicted octanol–water partition coefficient (Wildman–Crippen LogP) is 6.19. The molecule has 0 bridgehead atoms. The minimum Gasteiger partial charge on any atom is -0.462 e. The number of thiocarbonyl (C=S) groups is 1. The zero-order chi connectivity index (χ0) is 20.1. The van der Waals surface area contributed by atoms with Crippen molar-refractivity contribution in [3.05, 3.63) is 45.0 Å². The molecule has 0 saturated heterocycles. The lowest BCUT2D eigenvalue weighted by Crippen LogP contribution is -2.20. The minimum absolute atomic E-state index is 0.0131. The van der Waals surface area contributed by atoms with E-state index in [9.17, 15) is 9.18 Å². The molecule has 1 aliphatic carbocycles. The fourth-order valence-electron chi connectivity index (χ4n) is 3.27. The van der Waals surface area contributed by atoms with E-state index < -0.39 is 5.82 Å². The maximum Gasteiger partial charge on any atom is 0.341 e. The molecule has 1 aromatic carbocycles. The van der Waals surface area contributed by atoms with E-state index >= 15 is 0 Å². The second-order valence-corrected chi connectivity index (χ2v) is 8.47. The smallest absolute Gasteiger partial charge is 0.341 e. The van der Waals surface area contributed by atoms with Crippen molar-refractivity contribution in [3.8, 4) is 0 Å². The summed E-state index contributed by atoms with van der Waals surface area (Å²) in [4.78, 5) is 13.9. The van der Waals surface area contributed by atoms with Gasteiger partial charge in [-0.25, -0.2) is 9.18 Å². The Morgan fingerprint density at radius 2 is 2.00 bits per heavy atom. The lowest BCUT2D eigenvalue weighted by molar-refractivity contribution is 0.0526. The molecule has 0 spiro atoms. The molecule has 1 aromatic heterocycles. The summed E-state index contributed by atoms with van der Waals surface area (Å²) >= 11 is 12.8. The topological polar surface area (TPSA) is 50.4 Å². The highest BCUT2D eigenvalue weighted by atomic mass is 35.5. The van der Waals surface area contributed by atoms with E-state index in [-0.39, 0.29) is 11.0 Å². The van der Waals surface area contributed by atoms with Gasteiger partial charge in [0.15, 0.2) is 5.11 Å². The fourth-order valence-corrected chi connectivity index (χ4v) is 5.01. The summed E-state index contributed by atoms with van der Waals surface area (Å²) in [5, 5.41) is 7.13. The molecule has 4 nitrogen and oxygen atoms in total. The number of thiophene rings is 1. The van der Waals surface area contributed by atoms with Crippen molar-refractivity contribution in [2.75, 3.05) is 17.2 Å². The molecular formula is C20H22ClFN2O2S2. The molecule has 0 fully saturated rings. The average Bonchev–Trinajstić information content (AvgIpc) is 2.94. The van der Waals surface area contributed by atoms with Crippen LogP contribution in [-0.4, -0.2) is 17.7 Å². The van der Waals surface area contributed by atoms with Crippen LogP contribution in [0.1, 0.15) is 53.4 Å². The van der Waals surface area contributed by atoms with Crippen LogP contribution in [-0.2, 0) is 17.6 Å². The fraction of sp³-hybridized carbons (Fsp3) is 0.400. The van der Waals surface area contributed by atoms with E-state index in [1.165, 1.54) is 29.9 Å². The van der Waals surface area contributed by atoms with Crippen LogP contribution in [0.3, 0.4) is 0 Å². The molecule has 0 atom stereocenters. The highest BCUT2D eigenvalue weighted by Gasteiger charge is 2.25. The van der Waals surface area contributed by atoms with Gasteiger partial charge in [-0.3, -0.25) is 0 Å². The molecule has 0 radical (unpaired) electrons. The molecule has 2 aromatic rings. The second-order valence-electron chi connectivity index (χ2n) is 6.55. The highest BCUT2D eigenvalue weighted by molar-refractivity contribution is 7.80. The predicted molar refractivity (Wildman–Crippen MR) is 117 cm³/mol. The summed E-state index contributed by atoms with van der Waals surface area (Å²) in [5.41, 5.74) is 2.24. The number of halogens is 2. The van der Waals surface area contributed by atoms with Crippen molar-refractivity contribution in [1.82, 2.24) is 0 Å². The van der Waals surface area contributed by atoms with Crippen LogP contribution in [0.15, 0.2) is 18.2 Å². The van der Waals surface area contributed by atoms with Crippen LogP contribution in [0.25, 0.3) is 0 Å². The molecule has 0 unspecified atom stereocenters. The van der Waals surface area contributed by atoms with Crippen molar-refractivity contribution in [1.29, 1.82) is 0 Å². The molecular weight excluding hydrogens is 419 g/mol. The Hall–Kier alpha value is -1.70. The van der Waals surface area contributed by atoms with Gasteiger partial charge in [0.1, 0.15) is 10.8 Å². The van der Waals surface area contributed by atoms with Gasteiger partial charge in [0.25, 0.3) is 0 Å². The molecule has 0 amide bonds. The maximum atomic E-state index is 13.3. The number of rotatable bonds is 4. The van der Waals surface area contributed by atoms with Gasteiger partial charge < -0.3 is 15.4 Å². The third kappa shape index (κ3) is 5.01. The van der Waals surface area contributed by atoms with Crippen LogP contribution < -0.4 is 10.6 Å². The number of hydrogen-bond acceptors (Lipinski definition) is 4. The first-order valence-corrected chi connectivity index (χ1v) is 10.9. The Morgan fingerprint density at radius 1 is 1.25 bits per heavy atom. The van der Waals surface area contributed by atoms with E-state index in [0.29, 0.717) is 28.0 Å². The van der Waals surface area contributed by atoms with E-state index in [1.807, 2.05) is 0 Å². The summed E-state index contributed by atoms with van der Waals surface area (Å²) in [6.45, 7) is 2.12. The van der Waals surface area contributed by atoms with E-state index in [1.54, 1.807) is 24.3 Å². The number of carbonyl (C=O) groups is 1. The number of fused-ring (bicyclic) bond motifs is 1. The number of esters is 1. The standard InChI is InChI=1S/C20H22ClFN2O2S2/c1-2-26-19(25)17-13-7-5-3-4-6-8-16(13)28-18(17)24-20(27)23-12-9-10-15(22)14(21)11-12/h9-11H,2-8H2,1H3,(H2,23,24,27). The van der Waals surface area contributed by atoms with E-state index in [4.69, 9.17) is 28.6 Å². The monoisotopic (exact) mass is 440 g/mol. The molecule has 1 heterocycles. The minimum atomic E-state index is -0.492. The molecule has 0 saturated carbocycles. The Labute approximate surface area is 178 Å². The van der Waals surface area contributed by atoms with Gasteiger partial charge in [-0.15, -0.1) is 11.3 Å². The Morgan fingerprint density at radius 3 is 2.71 bits per heavy atom. The Balaban J connectivity index is 1.84. The second kappa shape index (κ2) is 9.67. The van der Waals surface area contributed by atoms with Gasteiger partial charge in [-0.2, -0.15) is 0 Å². The highest BCUT2D eigenvalue weighted by Crippen LogP contribution is 2.37. The lowest BCUT2D eigenvalue weighted by Gasteiger charge is -2.13. The van der Waals surface area contributed by atoms with Gasteiger partial charge in [0, 0.05) is 10.6 Å². The van der Waals surface area contributed by atoms with Gasteiger partial charge in [-0.1, -0.05) is 24.4 Å². The van der Waals surface area contributed by atoms with Crippen molar-refractivity contribution in [2.24, 2.45) is 0 Å². The van der Waals surface area contributed by atoms with Crippen molar-refractivity contribution >= 4 is 56.9 Å². The first-order valence-electron chi connectivity index (χ1n) is 9.34. The zero-order valence-electron chi connectivity index (χ0n) is 15.6. The average molecular weight is 441 g/mol. The molecule has 8 heteroatoms. The molecule has 2 N–H and O–H groups in total. The first kappa shape index (κ1) is 21.0. The lowest BCUT2D eigenvalue weighted by atomic mass is 9.96. The molecule has 0 aliphatic heterocycles. The number of benzene rings is 1. The van der Waals surface area contributed by atoms with E-state index in [2.05, 4.69) is 10.6 Å². The maximum absolute atomic E-state index is 13.3. The SMILES string of the molecule is CCOC(=O)c1c(NC(=S)Nc2ccc(F)c(Cl)c2)sc2c1CCCCCC2. The third-order valence-corrected chi connectivity index (χ3v) is 6.26. The van der Waals surface area contributed by atoms with Crippen molar-refractivity contribution < 1.29 is 13.9 Å². The largest absolute Gasteiger partial charge is 0.462 e. The van der Waals surface area contributed by atoms with Gasteiger partial charge in [-0.05, 0) is 68.6 Å². The van der Waals surface area contributed by atoms with Crippen LogP contribution in [0, 0.1) is 5.82 Å². The number of carbonyl (C=O) groups excluding carboxylic acids is 1. The third-order valence-electron chi connectivity index (χ3n) is 4.56. The number of anilines is 2. The van der Waals surface area contributed by atoms with Gasteiger partial charge >= 0.3 is 5.97 Å². The Bertz CT molecular complexity index is 885. The van der Waals surface area contributed by atoms with Crippen molar-refractivity contribution in [2.45, 2.75) is 45.4 Å². The summed E-state index contributed by atoms with van der Waals surface area (Å²) in [6.07, 6.45) is 6.39. The van der Waals surface area contributed by atoms with Crippen LogP contribution >= 0.6 is 35.2 Å². The molecule has 28 heavy (non-hydrogen) atoms. The zero-order valence-corrected chi connectivity index (χ0v) is 18.0. The number of hydrogen-bond donors (Lipinski definition) is 2. The van der Waals surface area contributed by atoms with Crippen LogP contribution in [0.4, 0.5) is 15.1 Å². The van der Waals surface area contributed by atoms with Gasteiger partial charge in [0.2, 0.25) is 0 Å². The summed E-state index contributed by atoms with van der Waals surface area (Å²) in [7, 11) is 0. The van der Waals surface area contributed by atoms with E-state index in [0.717, 1.165) is 31.2 Å². The summed E-state index contributed by atoms with van der Waals surface area (Å²) in [6, 6.07) is 4.29. The number of ether oxygens (including phenoxy) is 1. The first-order chi connectivity index (χ1) is 13.5. The molecule has 1 aliphatic rings. The number of aryl methyl sites for hydroxylation is 1. The Kier molecular flexibility index (Phi) is 7.26. The molecule has 150 valence electrons. The quantitative estimate of drug-likeness (QED) is 0.438. The van der Waals surface area contributed by atoms with Gasteiger partial charge in [0.05, 0.1) is 17.2 Å². The summed E-state index contributed by atoms with van der Waals surface area (Å²) in [5.74, 6) is -0.815.